The SMILES string of the molecule is Cc1ccc(Cl)cc1-n1c(SCC(=O)N2CCCC2)nnc1-c1ccco1. The highest BCUT2D eigenvalue weighted by molar-refractivity contribution is 7.99. The number of amides is 1. The van der Waals surface area contributed by atoms with Gasteiger partial charge in [-0.15, -0.1) is 10.2 Å². The molecule has 1 fully saturated rings. The Hall–Kier alpha value is -2.25. The average molecular weight is 403 g/mol. The van der Waals surface area contributed by atoms with E-state index in [1.807, 2.05) is 46.7 Å². The first-order chi connectivity index (χ1) is 13.1. The average Bonchev–Trinajstić information content (AvgIpc) is 3.42. The molecule has 1 aliphatic rings. The van der Waals surface area contributed by atoms with Gasteiger partial charge in [-0.25, -0.2) is 0 Å². The topological polar surface area (TPSA) is 64.2 Å². The van der Waals surface area contributed by atoms with E-state index in [4.69, 9.17) is 16.0 Å². The number of aryl methyl sites for hydroxylation is 1. The molecule has 1 amide bonds. The van der Waals surface area contributed by atoms with Crippen LogP contribution in [0.5, 0.6) is 0 Å². The number of halogens is 1. The molecule has 0 unspecified atom stereocenters. The predicted octanol–water partition coefficient (Wildman–Crippen LogP) is 4.20. The fraction of sp³-hybridized carbons (Fsp3) is 0.316. The second kappa shape index (κ2) is 7.78. The number of benzene rings is 1. The first-order valence-corrected chi connectivity index (χ1v) is 10.2. The number of rotatable bonds is 5. The summed E-state index contributed by atoms with van der Waals surface area (Å²) in [7, 11) is 0. The molecule has 0 saturated carbocycles. The van der Waals surface area contributed by atoms with Gasteiger partial charge in [-0.3, -0.25) is 9.36 Å². The second-order valence-electron chi connectivity index (χ2n) is 6.43. The zero-order valence-electron chi connectivity index (χ0n) is 14.9. The van der Waals surface area contributed by atoms with Crippen LogP contribution in [0.4, 0.5) is 0 Å². The Morgan fingerprint density at radius 1 is 1.26 bits per heavy atom. The number of hydrogen-bond acceptors (Lipinski definition) is 5. The van der Waals surface area contributed by atoms with Gasteiger partial charge in [0.25, 0.3) is 0 Å². The Labute approximate surface area is 166 Å². The molecule has 3 heterocycles. The lowest BCUT2D eigenvalue weighted by atomic mass is 10.2. The van der Waals surface area contributed by atoms with Crippen LogP contribution < -0.4 is 0 Å². The lowest BCUT2D eigenvalue weighted by Crippen LogP contribution is -2.29. The van der Waals surface area contributed by atoms with Crippen LogP contribution in [-0.4, -0.2) is 44.4 Å². The van der Waals surface area contributed by atoms with Gasteiger partial charge in [0.15, 0.2) is 10.9 Å². The lowest BCUT2D eigenvalue weighted by molar-refractivity contribution is -0.127. The molecular weight excluding hydrogens is 384 g/mol. The van der Waals surface area contributed by atoms with Crippen LogP contribution in [0.15, 0.2) is 46.2 Å². The number of furan rings is 1. The maximum absolute atomic E-state index is 12.4. The van der Waals surface area contributed by atoms with Crippen LogP contribution in [0.3, 0.4) is 0 Å². The summed E-state index contributed by atoms with van der Waals surface area (Å²) in [5, 5.41) is 9.89. The van der Waals surface area contributed by atoms with Gasteiger partial charge in [0.1, 0.15) is 0 Å². The molecule has 8 heteroatoms. The van der Waals surface area contributed by atoms with E-state index in [-0.39, 0.29) is 5.91 Å². The van der Waals surface area contributed by atoms with Crippen molar-refractivity contribution in [2.45, 2.75) is 24.9 Å². The summed E-state index contributed by atoms with van der Waals surface area (Å²) in [5.74, 6) is 1.66. The largest absolute Gasteiger partial charge is 0.461 e. The number of carbonyl (C=O) groups is 1. The van der Waals surface area contributed by atoms with Crippen molar-refractivity contribution in [3.8, 4) is 17.3 Å². The summed E-state index contributed by atoms with van der Waals surface area (Å²) in [5.41, 5.74) is 1.90. The number of carbonyl (C=O) groups excluding carboxylic acids is 1. The minimum Gasteiger partial charge on any atom is -0.461 e. The Morgan fingerprint density at radius 3 is 2.81 bits per heavy atom. The van der Waals surface area contributed by atoms with E-state index < -0.39 is 0 Å². The van der Waals surface area contributed by atoms with E-state index in [2.05, 4.69) is 10.2 Å². The molecule has 0 spiro atoms. The second-order valence-corrected chi connectivity index (χ2v) is 7.81. The standard InChI is InChI=1S/C19H19ClN4O2S/c1-13-6-7-14(20)11-15(13)24-18(16-5-4-10-26-16)21-22-19(24)27-12-17(25)23-8-2-3-9-23/h4-7,10-11H,2-3,8-9,12H2,1H3. The van der Waals surface area contributed by atoms with Crippen LogP contribution >= 0.6 is 23.4 Å². The Morgan fingerprint density at radius 2 is 2.07 bits per heavy atom. The highest BCUT2D eigenvalue weighted by Crippen LogP contribution is 2.31. The minimum absolute atomic E-state index is 0.134. The van der Waals surface area contributed by atoms with Gasteiger partial charge in [-0.05, 0) is 49.6 Å². The number of aromatic nitrogens is 3. The third-order valence-corrected chi connectivity index (χ3v) is 5.72. The van der Waals surface area contributed by atoms with Gasteiger partial charge in [0, 0.05) is 18.1 Å². The number of thioether (sulfide) groups is 1. The maximum Gasteiger partial charge on any atom is 0.233 e. The molecule has 3 aromatic rings. The third kappa shape index (κ3) is 3.75. The van der Waals surface area contributed by atoms with Crippen molar-refractivity contribution in [2.24, 2.45) is 0 Å². The molecule has 2 aromatic heterocycles. The van der Waals surface area contributed by atoms with Gasteiger partial charge < -0.3 is 9.32 Å². The normalized spacial score (nSPS) is 14.1. The monoisotopic (exact) mass is 402 g/mol. The van der Waals surface area contributed by atoms with Crippen LogP contribution in [0.1, 0.15) is 18.4 Å². The molecule has 140 valence electrons. The first-order valence-electron chi connectivity index (χ1n) is 8.80. The van der Waals surface area contributed by atoms with Crippen molar-refractivity contribution in [2.75, 3.05) is 18.8 Å². The number of hydrogen-bond donors (Lipinski definition) is 0. The van der Waals surface area contributed by atoms with Crippen LogP contribution in [0, 0.1) is 6.92 Å². The van der Waals surface area contributed by atoms with Crippen molar-refractivity contribution in [1.29, 1.82) is 0 Å². The van der Waals surface area contributed by atoms with Gasteiger partial charge in [0.2, 0.25) is 11.7 Å². The molecule has 0 aliphatic carbocycles. The van der Waals surface area contributed by atoms with Gasteiger partial charge in [-0.2, -0.15) is 0 Å². The smallest absolute Gasteiger partial charge is 0.233 e. The number of nitrogens with zero attached hydrogens (tertiary/aromatic N) is 4. The van der Waals surface area contributed by atoms with Crippen molar-refractivity contribution in [3.05, 3.63) is 47.2 Å². The molecule has 1 aromatic carbocycles. The summed E-state index contributed by atoms with van der Waals surface area (Å²) in [6.45, 7) is 3.69. The summed E-state index contributed by atoms with van der Waals surface area (Å²) in [4.78, 5) is 14.3. The zero-order valence-corrected chi connectivity index (χ0v) is 16.5. The van der Waals surface area contributed by atoms with Crippen LogP contribution in [-0.2, 0) is 4.79 Å². The maximum atomic E-state index is 12.4. The molecule has 1 aliphatic heterocycles. The Bertz CT molecular complexity index is 949. The van der Waals surface area contributed by atoms with E-state index in [1.165, 1.54) is 11.8 Å². The molecule has 0 radical (unpaired) electrons. The molecule has 1 saturated heterocycles. The summed E-state index contributed by atoms with van der Waals surface area (Å²) in [6, 6.07) is 9.32. The molecule has 0 bridgehead atoms. The zero-order chi connectivity index (χ0) is 18.8. The molecule has 0 N–H and O–H groups in total. The summed E-state index contributed by atoms with van der Waals surface area (Å²) < 4.78 is 7.44. The highest BCUT2D eigenvalue weighted by Gasteiger charge is 2.22. The first kappa shape index (κ1) is 18.1. The minimum atomic E-state index is 0.134. The van der Waals surface area contributed by atoms with Gasteiger partial charge in [0.05, 0.1) is 17.7 Å². The van der Waals surface area contributed by atoms with Gasteiger partial charge in [-0.1, -0.05) is 29.4 Å². The van der Waals surface area contributed by atoms with Gasteiger partial charge >= 0.3 is 0 Å². The molecule has 4 rings (SSSR count). The van der Waals surface area contributed by atoms with Crippen molar-refractivity contribution in [3.63, 3.8) is 0 Å². The summed E-state index contributed by atoms with van der Waals surface area (Å²) >= 11 is 7.61. The Balaban J connectivity index is 1.69. The van der Waals surface area contributed by atoms with E-state index >= 15 is 0 Å². The van der Waals surface area contributed by atoms with E-state index in [0.717, 1.165) is 37.2 Å². The molecule has 6 nitrogen and oxygen atoms in total. The fourth-order valence-electron chi connectivity index (χ4n) is 3.15. The third-order valence-electron chi connectivity index (χ3n) is 4.57. The van der Waals surface area contributed by atoms with Crippen LogP contribution in [0.25, 0.3) is 17.3 Å². The highest BCUT2D eigenvalue weighted by atomic mass is 35.5. The molecule has 27 heavy (non-hydrogen) atoms. The van der Waals surface area contributed by atoms with Crippen LogP contribution in [0.2, 0.25) is 5.02 Å². The quantitative estimate of drug-likeness (QED) is 0.598. The summed E-state index contributed by atoms with van der Waals surface area (Å²) in [6.07, 6.45) is 3.76. The van der Waals surface area contributed by atoms with Crippen molar-refractivity contribution in [1.82, 2.24) is 19.7 Å². The molecule has 0 atom stereocenters. The van der Waals surface area contributed by atoms with Crippen molar-refractivity contribution >= 4 is 29.3 Å². The van der Waals surface area contributed by atoms with E-state index in [9.17, 15) is 4.79 Å². The Kier molecular flexibility index (Phi) is 5.22. The lowest BCUT2D eigenvalue weighted by Gasteiger charge is -2.15. The van der Waals surface area contributed by atoms with E-state index in [1.54, 1.807) is 6.26 Å². The fourth-order valence-corrected chi connectivity index (χ4v) is 4.17. The number of likely N-dealkylation sites (tertiary alicyclic amines) is 1. The van der Waals surface area contributed by atoms with Crippen molar-refractivity contribution < 1.29 is 9.21 Å². The van der Waals surface area contributed by atoms with E-state index in [0.29, 0.717) is 27.5 Å². The predicted molar refractivity (Wildman–Crippen MR) is 105 cm³/mol. The molecular formula is C19H19ClN4O2S.